The van der Waals surface area contributed by atoms with Crippen LogP contribution in [0.15, 0.2) is 36.5 Å². The predicted octanol–water partition coefficient (Wildman–Crippen LogP) is 16.8. The van der Waals surface area contributed by atoms with E-state index in [4.69, 9.17) is 0 Å². The standard InChI is InChI=1S/C18H32.C17H30.C16H28/c1-3-5-15-7-11-17(12-8-15)18-13-9-16(6-4-2)10-14-18;1-3-5-15-8-12-17(13-9-15)16-10-6-14(4-2)7-11-16;1-3-4-14-7-11-16(12-8-14)15-9-5-13(2)6-10-15/h3,5,15-18H,4,6-14H2,1-2H3;3,5,14-17H,4,6-13H2,1-2H3;3-4,13-16H,5-12H2,1-2H3/b2*5-3+;4-3+. The van der Waals surface area contributed by atoms with Crippen LogP contribution >= 0.6 is 0 Å². The van der Waals surface area contributed by atoms with Gasteiger partial charge in [0.15, 0.2) is 0 Å². The Balaban J connectivity index is 0.000000172. The second-order valence-electron chi connectivity index (χ2n) is 19.4. The zero-order valence-corrected chi connectivity index (χ0v) is 35.5. The Morgan fingerprint density at radius 2 is 0.627 bits per heavy atom. The van der Waals surface area contributed by atoms with Gasteiger partial charge in [0.05, 0.1) is 0 Å². The van der Waals surface area contributed by atoms with Crippen LogP contribution in [0.1, 0.15) is 215 Å². The summed E-state index contributed by atoms with van der Waals surface area (Å²) in [6.45, 7) is 13.6. The third kappa shape index (κ3) is 15.1. The van der Waals surface area contributed by atoms with E-state index in [0.29, 0.717) is 0 Å². The number of rotatable bonds is 9. The number of hydrogen-bond acceptors (Lipinski definition) is 0. The normalized spacial score (nSPS) is 39.6. The fourth-order valence-corrected chi connectivity index (χ4v) is 12.4. The molecule has 0 radical (unpaired) electrons. The van der Waals surface area contributed by atoms with Crippen LogP contribution in [0.25, 0.3) is 0 Å². The topological polar surface area (TPSA) is 0 Å². The van der Waals surface area contributed by atoms with Gasteiger partial charge in [-0.15, -0.1) is 0 Å². The van der Waals surface area contributed by atoms with E-state index in [9.17, 15) is 0 Å². The fourth-order valence-electron chi connectivity index (χ4n) is 12.4. The van der Waals surface area contributed by atoms with Crippen molar-refractivity contribution in [2.24, 2.45) is 71.0 Å². The van der Waals surface area contributed by atoms with Crippen LogP contribution in [-0.4, -0.2) is 0 Å². The molecule has 0 aromatic carbocycles. The summed E-state index contributed by atoms with van der Waals surface area (Å²) < 4.78 is 0. The van der Waals surface area contributed by atoms with E-state index in [-0.39, 0.29) is 0 Å². The Morgan fingerprint density at radius 1 is 0.353 bits per heavy atom. The maximum Gasteiger partial charge on any atom is -0.0233 e. The molecule has 0 amide bonds. The summed E-state index contributed by atoms with van der Waals surface area (Å²) in [6, 6.07) is 0. The van der Waals surface area contributed by atoms with Crippen LogP contribution in [0.3, 0.4) is 0 Å². The minimum Gasteiger partial charge on any atom is -0.0914 e. The second-order valence-corrected chi connectivity index (χ2v) is 19.4. The van der Waals surface area contributed by atoms with Crippen LogP contribution in [-0.2, 0) is 0 Å². The van der Waals surface area contributed by atoms with Crippen molar-refractivity contribution >= 4 is 0 Å². The van der Waals surface area contributed by atoms with Gasteiger partial charge in [-0.1, -0.05) is 115 Å². The second kappa shape index (κ2) is 24.6. The monoisotopic (exact) mass is 703 g/mol. The van der Waals surface area contributed by atoms with Gasteiger partial charge in [-0.25, -0.2) is 0 Å². The maximum absolute atomic E-state index is 2.44. The van der Waals surface area contributed by atoms with Crippen LogP contribution in [0.4, 0.5) is 0 Å². The quantitative estimate of drug-likeness (QED) is 0.210. The summed E-state index contributed by atoms with van der Waals surface area (Å²) in [5.41, 5.74) is 0. The fraction of sp³-hybridized carbons (Fsp3) is 0.882. The molecule has 0 spiro atoms. The molecule has 6 aliphatic rings. The first-order chi connectivity index (χ1) is 25.0. The van der Waals surface area contributed by atoms with Crippen LogP contribution in [0.5, 0.6) is 0 Å². The first kappa shape index (κ1) is 43.0. The molecule has 0 atom stereocenters. The van der Waals surface area contributed by atoms with Crippen molar-refractivity contribution in [3.63, 3.8) is 0 Å². The zero-order chi connectivity index (χ0) is 36.3. The molecule has 6 saturated carbocycles. The van der Waals surface area contributed by atoms with Gasteiger partial charge in [0.1, 0.15) is 0 Å². The van der Waals surface area contributed by atoms with Gasteiger partial charge in [-0.05, 0) is 207 Å². The zero-order valence-electron chi connectivity index (χ0n) is 35.5. The molecule has 0 unspecified atom stereocenters. The van der Waals surface area contributed by atoms with E-state index >= 15 is 0 Å². The highest BCUT2D eigenvalue weighted by atomic mass is 14.4. The molecule has 6 aliphatic carbocycles. The first-order valence-electron chi connectivity index (χ1n) is 23.8. The lowest BCUT2D eigenvalue weighted by Gasteiger charge is -2.37. The average molecular weight is 703 g/mol. The third-order valence-electron chi connectivity index (χ3n) is 16.0. The van der Waals surface area contributed by atoms with Crippen molar-refractivity contribution < 1.29 is 0 Å². The average Bonchev–Trinajstić information content (AvgIpc) is 3.18. The molecule has 0 aliphatic heterocycles. The Bertz CT molecular complexity index is 921. The van der Waals surface area contributed by atoms with E-state index in [1.54, 1.807) is 12.8 Å². The van der Waals surface area contributed by atoms with Crippen LogP contribution < -0.4 is 0 Å². The Labute approximate surface area is 321 Å². The van der Waals surface area contributed by atoms with Crippen molar-refractivity contribution in [3.8, 4) is 0 Å². The van der Waals surface area contributed by atoms with Gasteiger partial charge in [-0.2, -0.15) is 0 Å². The molecular formula is C51H90. The summed E-state index contributed by atoms with van der Waals surface area (Å²) in [7, 11) is 0. The van der Waals surface area contributed by atoms with E-state index in [1.165, 1.54) is 161 Å². The molecule has 294 valence electrons. The molecule has 51 heavy (non-hydrogen) atoms. The van der Waals surface area contributed by atoms with Gasteiger partial charge < -0.3 is 0 Å². The Hall–Kier alpha value is -0.780. The van der Waals surface area contributed by atoms with E-state index in [0.717, 1.165) is 71.0 Å². The summed E-state index contributed by atoms with van der Waals surface area (Å²) in [4.78, 5) is 0. The van der Waals surface area contributed by atoms with Gasteiger partial charge >= 0.3 is 0 Å². The van der Waals surface area contributed by atoms with Gasteiger partial charge in [-0.3, -0.25) is 0 Å². The summed E-state index contributed by atoms with van der Waals surface area (Å²) >= 11 is 0. The lowest BCUT2D eigenvalue weighted by molar-refractivity contribution is 0.152. The van der Waals surface area contributed by atoms with Crippen molar-refractivity contribution in [1.29, 1.82) is 0 Å². The molecule has 6 rings (SSSR count). The summed E-state index contributed by atoms with van der Waals surface area (Å²) in [5, 5.41) is 0. The van der Waals surface area contributed by atoms with Crippen LogP contribution in [0.2, 0.25) is 0 Å². The molecule has 0 saturated heterocycles. The Kier molecular flexibility index (Phi) is 20.7. The van der Waals surface area contributed by atoms with E-state index in [2.05, 4.69) is 78.0 Å². The van der Waals surface area contributed by atoms with Crippen molar-refractivity contribution in [1.82, 2.24) is 0 Å². The van der Waals surface area contributed by atoms with Crippen LogP contribution in [0, 0.1) is 71.0 Å². The first-order valence-corrected chi connectivity index (χ1v) is 23.8. The lowest BCUT2D eigenvalue weighted by atomic mass is 9.69. The Morgan fingerprint density at radius 3 is 0.902 bits per heavy atom. The lowest BCUT2D eigenvalue weighted by Crippen LogP contribution is -2.25. The van der Waals surface area contributed by atoms with Crippen molar-refractivity contribution in [2.75, 3.05) is 0 Å². The van der Waals surface area contributed by atoms with Gasteiger partial charge in [0.25, 0.3) is 0 Å². The van der Waals surface area contributed by atoms with Crippen molar-refractivity contribution in [3.05, 3.63) is 36.5 Å². The van der Waals surface area contributed by atoms with E-state index in [1.807, 2.05) is 0 Å². The highest BCUT2D eigenvalue weighted by Crippen LogP contribution is 2.44. The third-order valence-corrected chi connectivity index (χ3v) is 16.0. The molecular weight excluding hydrogens is 613 g/mol. The molecule has 0 aromatic heterocycles. The number of hydrogen-bond donors (Lipinski definition) is 0. The molecule has 0 aromatic rings. The minimum atomic E-state index is 0.905. The van der Waals surface area contributed by atoms with Crippen molar-refractivity contribution in [2.45, 2.75) is 215 Å². The van der Waals surface area contributed by atoms with Gasteiger partial charge in [0, 0.05) is 0 Å². The number of allylic oxidation sites excluding steroid dienone is 6. The predicted molar refractivity (Wildman–Crippen MR) is 228 cm³/mol. The molecule has 0 N–H and O–H groups in total. The highest BCUT2D eigenvalue weighted by molar-refractivity contribution is 4.93. The molecule has 6 fully saturated rings. The highest BCUT2D eigenvalue weighted by Gasteiger charge is 2.32. The van der Waals surface area contributed by atoms with Gasteiger partial charge in [0.2, 0.25) is 0 Å². The molecule has 0 bridgehead atoms. The molecule has 0 nitrogen and oxygen atoms in total. The summed E-state index contributed by atoms with van der Waals surface area (Å²) in [5.74, 6) is 12.4. The summed E-state index contributed by atoms with van der Waals surface area (Å²) in [6.07, 6.45) is 54.5. The largest absolute Gasteiger partial charge is 0.0914 e. The SMILES string of the molecule is C/C=C/C1CCC(C2CCC(C)CC2)CC1.C/C=C/C1CCC(C2CCC(CC)CC2)CC1.C/C=C/C1CCC(C2CCC(CCC)CC2)CC1. The van der Waals surface area contributed by atoms with E-state index < -0.39 is 0 Å². The molecule has 0 heteroatoms. The smallest absolute Gasteiger partial charge is 0.0233 e. The minimum absolute atomic E-state index is 0.905. The molecule has 0 heterocycles. The maximum atomic E-state index is 2.44.